The lowest BCUT2D eigenvalue weighted by Gasteiger charge is -2.29. The Hall–Kier alpha value is -1.13. The van der Waals surface area contributed by atoms with Gasteiger partial charge >= 0.3 is 5.97 Å². The van der Waals surface area contributed by atoms with E-state index in [0.29, 0.717) is 19.4 Å². The van der Waals surface area contributed by atoms with Gasteiger partial charge in [0.1, 0.15) is 5.82 Å². The highest BCUT2D eigenvalue weighted by atomic mass is 35.5. The first-order chi connectivity index (χ1) is 8.11. The van der Waals surface area contributed by atoms with E-state index in [4.69, 9.17) is 21.4 Å². The molecule has 0 radical (unpaired) electrons. The summed E-state index contributed by atoms with van der Waals surface area (Å²) in [5, 5.41) is 9.08. The van der Waals surface area contributed by atoms with Crippen LogP contribution in [-0.4, -0.2) is 17.7 Å². The van der Waals surface area contributed by atoms with Crippen molar-refractivity contribution in [2.75, 3.05) is 6.61 Å². The first kappa shape index (κ1) is 12.3. The Morgan fingerprint density at radius 2 is 2.29 bits per heavy atom. The van der Waals surface area contributed by atoms with Crippen LogP contribution < -0.4 is 0 Å². The number of aliphatic carboxylic acids is 1. The monoisotopic (exact) mass is 258 g/mol. The van der Waals surface area contributed by atoms with Gasteiger partial charge in [0.2, 0.25) is 0 Å². The molecule has 1 saturated heterocycles. The van der Waals surface area contributed by atoms with Crippen LogP contribution in [0.4, 0.5) is 4.39 Å². The fourth-order valence-corrected chi connectivity index (χ4v) is 2.26. The molecule has 2 atom stereocenters. The van der Waals surface area contributed by atoms with E-state index in [2.05, 4.69) is 0 Å². The summed E-state index contributed by atoms with van der Waals surface area (Å²) in [7, 11) is 0. The zero-order valence-corrected chi connectivity index (χ0v) is 9.78. The molecule has 1 heterocycles. The molecule has 0 aliphatic carbocycles. The lowest BCUT2D eigenvalue weighted by Crippen LogP contribution is -2.29. The summed E-state index contributed by atoms with van der Waals surface area (Å²) in [6.07, 6.45) is 0.418. The fourth-order valence-electron chi connectivity index (χ4n) is 2.08. The van der Waals surface area contributed by atoms with E-state index in [9.17, 15) is 9.18 Å². The molecule has 0 aromatic heterocycles. The predicted octanol–water partition coefficient (Wildman–Crippen LogP) is 3.03. The molecule has 1 aliphatic rings. The van der Waals surface area contributed by atoms with Gasteiger partial charge in [-0.15, -0.1) is 0 Å². The number of carboxylic acid groups (broad SMARTS) is 1. The molecule has 0 amide bonds. The zero-order chi connectivity index (χ0) is 12.4. The zero-order valence-electron chi connectivity index (χ0n) is 9.03. The van der Waals surface area contributed by atoms with Gasteiger partial charge in [-0.2, -0.15) is 0 Å². The van der Waals surface area contributed by atoms with Crippen molar-refractivity contribution in [1.82, 2.24) is 0 Å². The van der Waals surface area contributed by atoms with Gasteiger partial charge in [0, 0.05) is 12.2 Å². The van der Waals surface area contributed by atoms with Crippen molar-refractivity contribution in [3.63, 3.8) is 0 Å². The van der Waals surface area contributed by atoms with E-state index in [1.54, 1.807) is 6.07 Å². The first-order valence-electron chi connectivity index (χ1n) is 5.39. The maximum Gasteiger partial charge on any atom is 0.309 e. The van der Waals surface area contributed by atoms with Gasteiger partial charge in [0.25, 0.3) is 0 Å². The van der Waals surface area contributed by atoms with Crippen molar-refractivity contribution in [2.24, 2.45) is 5.92 Å². The molecular weight excluding hydrogens is 247 g/mol. The Morgan fingerprint density at radius 3 is 3.00 bits per heavy atom. The van der Waals surface area contributed by atoms with Crippen LogP contribution in [0.2, 0.25) is 5.02 Å². The normalized spacial score (nSPS) is 24.6. The number of carbonyl (C=O) groups is 1. The molecule has 5 heteroatoms. The Morgan fingerprint density at radius 1 is 1.53 bits per heavy atom. The van der Waals surface area contributed by atoms with Gasteiger partial charge in [-0.3, -0.25) is 4.79 Å². The smallest absolute Gasteiger partial charge is 0.309 e. The van der Waals surface area contributed by atoms with Crippen LogP contribution in [0.15, 0.2) is 18.2 Å². The summed E-state index contributed by atoms with van der Waals surface area (Å²) in [6.45, 7) is 0.445. The van der Waals surface area contributed by atoms with Gasteiger partial charge in [-0.1, -0.05) is 23.7 Å². The van der Waals surface area contributed by atoms with Crippen molar-refractivity contribution in [1.29, 1.82) is 0 Å². The van der Waals surface area contributed by atoms with Gasteiger partial charge in [0.05, 0.1) is 17.0 Å². The van der Waals surface area contributed by atoms with E-state index in [0.717, 1.165) is 0 Å². The average molecular weight is 259 g/mol. The van der Waals surface area contributed by atoms with Crippen LogP contribution >= 0.6 is 11.6 Å². The summed E-state index contributed by atoms with van der Waals surface area (Å²) < 4.78 is 19.2. The van der Waals surface area contributed by atoms with Crippen LogP contribution in [0.25, 0.3) is 0 Å². The van der Waals surface area contributed by atoms with Crippen molar-refractivity contribution in [3.05, 3.63) is 34.6 Å². The number of hydrogen-bond donors (Lipinski definition) is 1. The Kier molecular flexibility index (Phi) is 3.64. The maximum atomic E-state index is 13.8. The minimum Gasteiger partial charge on any atom is -0.481 e. The largest absolute Gasteiger partial charge is 0.481 e. The van der Waals surface area contributed by atoms with Crippen LogP contribution in [0, 0.1) is 11.7 Å². The van der Waals surface area contributed by atoms with Crippen molar-refractivity contribution in [2.45, 2.75) is 18.9 Å². The van der Waals surface area contributed by atoms with Gasteiger partial charge < -0.3 is 9.84 Å². The number of hydrogen-bond acceptors (Lipinski definition) is 2. The van der Waals surface area contributed by atoms with E-state index in [1.165, 1.54) is 12.1 Å². The average Bonchev–Trinajstić information content (AvgIpc) is 2.33. The molecule has 0 saturated carbocycles. The molecular formula is C12H12ClFO3. The lowest BCUT2D eigenvalue weighted by atomic mass is 9.89. The standard InChI is InChI=1S/C12H12ClFO3/c13-9-5-1-3-7(10(9)14)11-8(12(15)16)4-2-6-17-11/h1,3,5,8,11H,2,4,6H2,(H,15,16). The summed E-state index contributed by atoms with van der Waals surface area (Å²) in [5.41, 5.74) is 0.226. The van der Waals surface area contributed by atoms with E-state index in [1.807, 2.05) is 0 Å². The third-order valence-corrected chi connectivity index (χ3v) is 3.22. The number of benzene rings is 1. The second-order valence-electron chi connectivity index (χ2n) is 4.02. The summed E-state index contributed by atoms with van der Waals surface area (Å²) in [6, 6.07) is 4.55. The number of ether oxygens (including phenoxy) is 1. The molecule has 0 bridgehead atoms. The molecule has 1 N–H and O–H groups in total. The molecule has 1 aliphatic heterocycles. The molecule has 92 valence electrons. The Balaban J connectivity index is 2.36. The van der Waals surface area contributed by atoms with Crippen molar-refractivity contribution >= 4 is 17.6 Å². The second-order valence-corrected chi connectivity index (χ2v) is 4.43. The van der Waals surface area contributed by atoms with E-state index >= 15 is 0 Å². The maximum absolute atomic E-state index is 13.8. The van der Waals surface area contributed by atoms with Crippen LogP contribution in [-0.2, 0) is 9.53 Å². The van der Waals surface area contributed by atoms with Gasteiger partial charge in [0.15, 0.2) is 0 Å². The molecule has 0 spiro atoms. The Bertz CT molecular complexity index is 436. The molecule has 2 unspecified atom stereocenters. The molecule has 1 aromatic rings. The fraction of sp³-hybridized carbons (Fsp3) is 0.417. The topological polar surface area (TPSA) is 46.5 Å². The molecule has 1 aromatic carbocycles. The molecule has 17 heavy (non-hydrogen) atoms. The number of halogens is 2. The highest BCUT2D eigenvalue weighted by Crippen LogP contribution is 2.36. The molecule has 3 nitrogen and oxygen atoms in total. The summed E-state index contributed by atoms with van der Waals surface area (Å²) >= 11 is 5.68. The summed E-state index contributed by atoms with van der Waals surface area (Å²) in [5.74, 6) is -2.27. The third kappa shape index (κ3) is 2.42. The first-order valence-corrected chi connectivity index (χ1v) is 5.77. The van der Waals surface area contributed by atoms with E-state index < -0.39 is 23.8 Å². The quantitative estimate of drug-likeness (QED) is 0.887. The third-order valence-electron chi connectivity index (χ3n) is 2.93. The lowest BCUT2D eigenvalue weighted by molar-refractivity contribution is -0.152. The Labute approximate surface area is 103 Å². The van der Waals surface area contributed by atoms with Crippen molar-refractivity contribution < 1.29 is 19.0 Å². The van der Waals surface area contributed by atoms with Crippen molar-refractivity contribution in [3.8, 4) is 0 Å². The van der Waals surface area contributed by atoms with Gasteiger partial charge in [-0.25, -0.2) is 4.39 Å². The summed E-state index contributed by atoms with van der Waals surface area (Å²) in [4.78, 5) is 11.1. The molecule has 1 fully saturated rings. The number of carboxylic acids is 1. The van der Waals surface area contributed by atoms with Crippen LogP contribution in [0.1, 0.15) is 24.5 Å². The minimum atomic E-state index is -0.964. The molecule has 2 rings (SSSR count). The SMILES string of the molecule is O=C(O)C1CCCOC1c1cccc(Cl)c1F. The van der Waals surface area contributed by atoms with Gasteiger partial charge in [-0.05, 0) is 18.9 Å². The minimum absolute atomic E-state index is 0.0131. The highest BCUT2D eigenvalue weighted by molar-refractivity contribution is 6.30. The van der Waals surface area contributed by atoms with Crippen LogP contribution in [0.3, 0.4) is 0 Å². The highest BCUT2D eigenvalue weighted by Gasteiger charge is 2.34. The number of rotatable bonds is 2. The second kappa shape index (κ2) is 5.02. The van der Waals surface area contributed by atoms with Crippen LogP contribution in [0.5, 0.6) is 0 Å². The van der Waals surface area contributed by atoms with E-state index in [-0.39, 0.29) is 10.6 Å². The predicted molar refractivity (Wildman–Crippen MR) is 60.5 cm³/mol.